The van der Waals surface area contributed by atoms with Crippen LogP contribution in [0.4, 0.5) is 0 Å². The normalized spacial score (nSPS) is 11.6. The first-order chi connectivity index (χ1) is 24.8. The predicted molar refractivity (Wildman–Crippen MR) is 209 cm³/mol. The highest BCUT2D eigenvalue weighted by Gasteiger charge is 2.23. The zero-order chi connectivity index (χ0) is 33.0. The Morgan fingerprint density at radius 3 is 1.62 bits per heavy atom. The monoisotopic (exact) mass is 656 g/mol. The molecule has 0 spiro atoms. The molecule has 5 heteroatoms. The average Bonchev–Trinajstić information content (AvgIpc) is 3.72. The number of aromatic nitrogens is 4. The molecule has 0 aliphatic heterocycles. The van der Waals surface area contributed by atoms with Crippen molar-refractivity contribution in [3.63, 3.8) is 0 Å². The maximum absolute atomic E-state index is 5.21. The van der Waals surface area contributed by atoms with Crippen LogP contribution in [0.1, 0.15) is 0 Å². The molecule has 7 aromatic carbocycles. The van der Waals surface area contributed by atoms with Crippen LogP contribution < -0.4 is 0 Å². The first-order valence-electron chi connectivity index (χ1n) is 16.7. The van der Waals surface area contributed by atoms with Crippen molar-refractivity contribution in [2.75, 3.05) is 0 Å². The number of benzene rings is 7. The lowest BCUT2D eigenvalue weighted by Crippen LogP contribution is -2.05. The van der Waals surface area contributed by atoms with E-state index in [1.54, 1.807) is 0 Å². The zero-order valence-corrected chi connectivity index (χ0v) is 27.7. The summed E-state index contributed by atoms with van der Waals surface area (Å²) >= 11 is 1.85. The Labute approximate surface area is 292 Å². The zero-order valence-electron chi connectivity index (χ0n) is 26.9. The molecule has 0 aliphatic carbocycles. The van der Waals surface area contributed by atoms with Crippen LogP contribution in [-0.2, 0) is 0 Å². The first-order valence-corrected chi connectivity index (χ1v) is 17.5. The lowest BCUT2D eigenvalue weighted by molar-refractivity contribution is 1.06. The molecular formula is C45H28N4S. The molecule has 0 radical (unpaired) electrons. The molecule has 0 fully saturated rings. The molecule has 3 heterocycles. The Morgan fingerprint density at radius 1 is 0.360 bits per heavy atom. The molecule has 0 saturated carbocycles. The quantitative estimate of drug-likeness (QED) is 0.185. The van der Waals surface area contributed by atoms with Gasteiger partial charge in [-0.25, -0.2) is 15.0 Å². The molecule has 0 aliphatic rings. The van der Waals surface area contributed by atoms with Gasteiger partial charge in [0.1, 0.15) is 0 Å². The molecule has 234 valence electrons. The summed E-state index contributed by atoms with van der Waals surface area (Å²) in [4.78, 5) is 15.4. The van der Waals surface area contributed by atoms with Crippen LogP contribution in [0.2, 0.25) is 0 Å². The second-order valence-corrected chi connectivity index (χ2v) is 13.5. The third-order valence-electron chi connectivity index (χ3n) is 9.46. The molecule has 0 amide bonds. The van der Waals surface area contributed by atoms with Crippen molar-refractivity contribution in [2.24, 2.45) is 0 Å². The highest BCUT2D eigenvalue weighted by molar-refractivity contribution is 7.25. The lowest BCUT2D eigenvalue weighted by atomic mass is 9.98. The van der Waals surface area contributed by atoms with E-state index in [2.05, 4.69) is 138 Å². The smallest absolute Gasteiger partial charge is 0.166 e. The predicted octanol–water partition coefficient (Wildman–Crippen LogP) is 12.0. The minimum atomic E-state index is 0.624. The van der Waals surface area contributed by atoms with E-state index in [9.17, 15) is 0 Å². The van der Waals surface area contributed by atoms with Crippen LogP contribution in [0.5, 0.6) is 0 Å². The van der Waals surface area contributed by atoms with Crippen LogP contribution in [0.15, 0.2) is 170 Å². The van der Waals surface area contributed by atoms with Gasteiger partial charge in [0.25, 0.3) is 0 Å². The van der Waals surface area contributed by atoms with Crippen LogP contribution in [0, 0.1) is 0 Å². The molecule has 10 rings (SSSR count). The van der Waals surface area contributed by atoms with Crippen LogP contribution in [0.25, 0.3) is 93.0 Å². The Hall–Kier alpha value is -6.43. The van der Waals surface area contributed by atoms with Crippen molar-refractivity contribution in [1.29, 1.82) is 0 Å². The lowest BCUT2D eigenvalue weighted by Gasteiger charge is -2.19. The number of thiophene rings is 1. The minimum Gasteiger partial charge on any atom is -0.308 e. The summed E-state index contributed by atoms with van der Waals surface area (Å²) in [5, 5.41) is 4.97. The molecule has 0 N–H and O–H groups in total. The Bertz CT molecular complexity index is 2800. The SMILES string of the molecule is c1ccc(-c2nc(-c3ccccc3)nc(-c3cccc(-c4ccccc4)c3-n3c4ccccc4c4cc5sc6ccccc6c5cc43)n2)cc1. The molecule has 50 heavy (non-hydrogen) atoms. The van der Waals surface area contributed by atoms with E-state index in [-0.39, 0.29) is 0 Å². The molecule has 10 aromatic rings. The van der Waals surface area contributed by atoms with Crippen molar-refractivity contribution in [3.8, 4) is 51.0 Å². The molecular weight excluding hydrogens is 629 g/mol. The first kappa shape index (κ1) is 28.6. The van der Waals surface area contributed by atoms with Crippen LogP contribution in [-0.4, -0.2) is 19.5 Å². The van der Waals surface area contributed by atoms with E-state index >= 15 is 0 Å². The van der Waals surface area contributed by atoms with Gasteiger partial charge in [0, 0.05) is 53.2 Å². The number of hydrogen-bond acceptors (Lipinski definition) is 4. The van der Waals surface area contributed by atoms with Gasteiger partial charge in [-0.15, -0.1) is 11.3 Å². The van der Waals surface area contributed by atoms with Crippen LogP contribution >= 0.6 is 11.3 Å². The number of para-hydroxylation sites is 2. The fourth-order valence-electron chi connectivity index (χ4n) is 7.17. The number of fused-ring (bicyclic) bond motifs is 6. The van der Waals surface area contributed by atoms with Crippen LogP contribution in [0.3, 0.4) is 0 Å². The topological polar surface area (TPSA) is 43.6 Å². The largest absolute Gasteiger partial charge is 0.308 e. The average molecular weight is 657 g/mol. The Kier molecular flexibility index (Phi) is 6.64. The van der Waals surface area contributed by atoms with E-state index in [0.29, 0.717) is 17.5 Å². The Morgan fingerprint density at radius 2 is 0.920 bits per heavy atom. The molecule has 4 nitrogen and oxygen atoms in total. The molecule has 3 aromatic heterocycles. The second-order valence-electron chi connectivity index (χ2n) is 12.4. The maximum Gasteiger partial charge on any atom is 0.166 e. The van der Waals surface area contributed by atoms with Gasteiger partial charge < -0.3 is 4.57 Å². The molecule has 0 bridgehead atoms. The summed E-state index contributed by atoms with van der Waals surface area (Å²) in [7, 11) is 0. The fraction of sp³-hybridized carbons (Fsp3) is 0. The van der Waals surface area contributed by atoms with Crippen molar-refractivity contribution in [3.05, 3.63) is 170 Å². The van der Waals surface area contributed by atoms with Crippen molar-refractivity contribution in [2.45, 2.75) is 0 Å². The Balaban J connectivity index is 1.34. The summed E-state index contributed by atoms with van der Waals surface area (Å²) in [6.45, 7) is 0. The second kappa shape index (κ2) is 11.6. The van der Waals surface area contributed by atoms with Gasteiger partial charge in [0.15, 0.2) is 17.5 Å². The number of rotatable bonds is 5. The van der Waals surface area contributed by atoms with Crippen molar-refractivity contribution in [1.82, 2.24) is 19.5 Å². The summed E-state index contributed by atoms with van der Waals surface area (Å²) in [6, 6.07) is 59.6. The summed E-state index contributed by atoms with van der Waals surface area (Å²) < 4.78 is 5.02. The van der Waals surface area contributed by atoms with Gasteiger partial charge >= 0.3 is 0 Å². The van der Waals surface area contributed by atoms with E-state index in [1.807, 2.05) is 47.7 Å². The van der Waals surface area contributed by atoms with E-state index in [4.69, 9.17) is 15.0 Å². The number of nitrogens with zero attached hydrogens (tertiary/aromatic N) is 4. The standard InChI is InChI=1S/C45H28N4S/c1-4-15-29(16-5-1)32-23-14-24-35(45-47-43(30-17-6-2-7-18-30)46-44(48-45)31-19-8-3-9-20-31)42(32)49-38-25-12-10-21-33(38)36-28-41-37(27-39(36)49)34-22-11-13-26-40(34)50-41/h1-28H. The van der Waals surface area contributed by atoms with Crippen molar-refractivity contribution < 1.29 is 0 Å². The van der Waals surface area contributed by atoms with Gasteiger partial charge in [-0.1, -0.05) is 140 Å². The van der Waals surface area contributed by atoms with Gasteiger partial charge in [-0.2, -0.15) is 0 Å². The summed E-state index contributed by atoms with van der Waals surface area (Å²) in [5.41, 5.74) is 8.36. The van der Waals surface area contributed by atoms with Gasteiger partial charge in [-0.3, -0.25) is 0 Å². The highest BCUT2D eigenvalue weighted by atomic mass is 32.1. The third kappa shape index (κ3) is 4.63. The third-order valence-corrected chi connectivity index (χ3v) is 10.6. The van der Waals surface area contributed by atoms with Crippen molar-refractivity contribution >= 4 is 53.3 Å². The van der Waals surface area contributed by atoms with Gasteiger partial charge in [0.05, 0.1) is 16.7 Å². The highest BCUT2D eigenvalue weighted by Crippen LogP contribution is 2.44. The van der Waals surface area contributed by atoms with Gasteiger partial charge in [-0.05, 0) is 35.9 Å². The summed E-state index contributed by atoms with van der Waals surface area (Å²) in [6.07, 6.45) is 0. The van der Waals surface area contributed by atoms with E-state index in [1.165, 1.54) is 30.9 Å². The maximum atomic E-state index is 5.21. The fourth-order valence-corrected chi connectivity index (χ4v) is 8.30. The summed E-state index contributed by atoms with van der Waals surface area (Å²) in [5.74, 6) is 1.90. The molecule has 0 saturated heterocycles. The van der Waals surface area contributed by atoms with Gasteiger partial charge in [0.2, 0.25) is 0 Å². The minimum absolute atomic E-state index is 0.624. The molecule has 0 unspecified atom stereocenters. The van der Waals surface area contributed by atoms with E-state index < -0.39 is 0 Å². The van der Waals surface area contributed by atoms with E-state index in [0.717, 1.165) is 44.5 Å². The molecule has 0 atom stereocenters. The number of hydrogen-bond donors (Lipinski definition) is 0.